The molecule has 0 aliphatic heterocycles. The van der Waals surface area contributed by atoms with Gasteiger partial charge in [-0.3, -0.25) is 0 Å². The molecule has 2 rings (SSSR count). The number of hydrogen-bond donors (Lipinski definition) is 1. The Morgan fingerprint density at radius 2 is 1.90 bits per heavy atom. The highest BCUT2D eigenvalue weighted by atomic mass is 35.5. The lowest BCUT2D eigenvalue weighted by molar-refractivity contribution is 0.222. The monoisotopic (exact) mass is 310 g/mol. The number of ether oxygens (including phenoxy) is 1. The summed E-state index contributed by atoms with van der Waals surface area (Å²) in [6, 6.07) is 2.18. The fraction of sp³-hybridized carbons (Fsp3) is 0.500. The Morgan fingerprint density at radius 1 is 1.19 bits per heavy atom. The van der Waals surface area contributed by atoms with Crippen LogP contribution in [-0.4, -0.2) is 21.1 Å². The van der Waals surface area contributed by atoms with Crippen molar-refractivity contribution in [2.45, 2.75) is 46.8 Å². The van der Waals surface area contributed by atoms with Crippen molar-refractivity contribution >= 4 is 17.5 Å². The minimum absolute atomic E-state index is 0.0205. The first-order valence-electron chi connectivity index (χ1n) is 6.77. The second-order valence-corrected chi connectivity index (χ2v) is 5.45. The molecule has 0 bridgehead atoms. The van der Waals surface area contributed by atoms with Gasteiger partial charge in [0, 0.05) is 5.56 Å². The summed E-state index contributed by atoms with van der Waals surface area (Å²) in [6.45, 7) is 9.62. The number of anilines is 1. The molecule has 1 N–H and O–H groups in total. The molecule has 0 saturated heterocycles. The van der Waals surface area contributed by atoms with Gasteiger partial charge in [-0.05, 0) is 52.3 Å². The van der Waals surface area contributed by atoms with Crippen molar-refractivity contribution < 1.29 is 9.15 Å². The van der Waals surface area contributed by atoms with Crippen LogP contribution >= 0.6 is 11.6 Å². The van der Waals surface area contributed by atoms with E-state index in [9.17, 15) is 0 Å². The molecule has 0 amide bonds. The molecule has 114 valence electrons. The fourth-order valence-electron chi connectivity index (χ4n) is 2.01. The average Bonchev–Trinajstić information content (AvgIpc) is 2.66. The van der Waals surface area contributed by atoms with E-state index in [0.29, 0.717) is 5.95 Å². The van der Waals surface area contributed by atoms with Crippen LogP contribution in [0.15, 0.2) is 10.5 Å². The lowest BCUT2D eigenvalue weighted by atomic mass is 10.1. The number of nitrogens with zero attached hydrogens (tertiary/aromatic N) is 3. The van der Waals surface area contributed by atoms with Crippen LogP contribution < -0.4 is 10.1 Å². The van der Waals surface area contributed by atoms with E-state index < -0.39 is 0 Å². The third kappa shape index (κ3) is 4.07. The maximum Gasteiger partial charge on any atom is 0.322 e. The predicted octanol–water partition coefficient (Wildman–Crippen LogP) is 3.70. The molecular formula is C14H19ClN4O2. The summed E-state index contributed by atoms with van der Waals surface area (Å²) in [5, 5.41) is 3.27. The summed E-state index contributed by atoms with van der Waals surface area (Å²) in [6.07, 6.45) is -0.0347. The van der Waals surface area contributed by atoms with Crippen LogP contribution in [0.1, 0.15) is 43.9 Å². The average molecular weight is 311 g/mol. The van der Waals surface area contributed by atoms with Crippen molar-refractivity contribution in [2.24, 2.45) is 0 Å². The van der Waals surface area contributed by atoms with Crippen molar-refractivity contribution in [1.82, 2.24) is 15.0 Å². The molecule has 7 heteroatoms. The van der Waals surface area contributed by atoms with Gasteiger partial charge in [-0.1, -0.05) is 0 Å². The van der Waals surface area contributed by atoms with Crippen molar-refractivity contribution in [3.8, 4) is 6.01 Å². The quantitative estimate of drug-likeness (QED) is 0.908. The van der Waals surface area contributed by atoms with Crippen LogP contribution in [-0.2, 0) is 0 Å². The van der Waals surface area contributed by atoms with Crippen molar-refractivity contribution in [2.75, 3.05) is 5.32 Å². The molecule has 21 heavy (non-hydrogen) atoms. The number of halogens is 1. The van der Waals surface area contributed by atoms with Gasteiger partial charge in [-0.15, -0.1) is 0 Å². The zero-order chi connectivity index (χ0) is 15.6. The maximum absolute atomic E-state index is 5.90. The number of aryl methyl sites for hydroxylation is 2. The molecule has 2 heterocycles. The smallest absolute Gasteiger partial charge is 0.322 e. The SMILES string of the molecule is Cc1cc(C(C)Nc2nc(Cl)nc(OC(C)C)n2)c(C)o1. The van der Waals surface area contributed by atoms with E-state index in [4.69, 9.17) is 20.8 Å². The Balaban J connectivity index is 2.18. The summed E-state index contributed by atoms with van der Waals surface area (Å²) >= 11 is 5.90. The van der Waals surface area contributed by atoms with Crippen LogP contribution in [0.5, 0.6) is 6.01 Å². The summed E-state index contributed by atoms with van der Waals surface area (Å²) in [7, 11) is 0. The summed E-state index contributed by atoms with van der Waals surface area (Å²) in [5.74, 6) is 2.11. The van der Waals surface area contributed by atoms with Gasteiger partial charge < -0.3 is 14.5 Å². The number of aromatic nitrogens is 3. The zero-order valence-electron chi connectivity index (χ0n) is 12.8. The van der Waals surface area contributed by atoms with Crippen LogP contribution in [0.2, 0.25) is 5.28 Å². The highest BCUT2D eigenvalue weighted by Crippen LogP contribution is 2.24. The molecule has 6 nitrogen and oxygen atoms in total. The third-order valence-electron chi connectivity index (χ3n) is 2.82. The molecule has 0 aliphatic carbocycles. The van der Waals surface area contributed by atoms with E-state index in [1.165, 1.54) is 0 Å². The Bertz CT molecular complexity index is 627. The zero-order valence-corrected chi connectivity index (χ0v) is 13.5. The number of rotatable bonds is 5. The Hall–Kier alpha value is -1.82. The highest BCUT2D eigenvalue weighted by molar-refractivity contribution is 6.28. The van der Waals surface area contributed by atoms with Gasteiger partial charge in [-0.25, -0.2) is 0 Å². The predicted molar refractivity (Wildman–Crippen MR) is 80.8 cm³/mol. The molecule has 0 aliphatic rings. The first-order valence-corrected chi connectivity index (χ1v) is 7.14. The van der Waals surface area contributed by atoms with Gasteiger partial charge in [0.05, 0.1) is 12.1 Å². The molecular weight excluding hydrogens is 292 g/mol. The topological polar surface area (TPSA) is 73.1 Å². The van der Waals surface area contributed by atoms with Crippen molar-refractivity contribution in [3.63, 3.8) is 0 Å². The summed E-state index contributed by atoms with van der Waals surface area (Å²) in [4.78, 5) is 12.2. The molecule has 0 saturated carbocycles. The molecule has 0 fully saturated rings. The minimum Gasteiger partial charge on any atom is -0.466 e. The van der Waals surface area contributed by atoms with Crippen LogP contribution in [0.4, 0.5) is 5.95 Å². The first kappa shape index (κ1) is 15.6. The van der Waals surface area contributed by atoms with Crippen molar-refractivity contribution in [3.05, 3.63) is 28.4 Å². The van der Waals surface area contributed by atoms with E-state index in [2.05, 4.69) is 20.3 Å². The van der Waals surface area contributed by atoms with E-state index in [1.54, 1.807) is 0 Å². The number of nitrogens with one attached hydrogen (secondary N) is 1. The van der Waals surface area contributed by atoms with Gasteiger partial charge in [0.15, 0.2) is 0 Å². The standard InChI is InChI=1S/C14H19ClN4O2/c1-7(2)20-14-18-12(15)17-13(19-14)16-9(4)11-6-8(3)21-10(11)5/h6-7,9H,1-5H3,(H,16,17,18,19). The van der Waals surface area contributed by atoms with Gasteiger partial charge in [-0.2, -0.15) is 15.0 Å². The van der Waals surface area contributed by atoms with Gasteiger partial charge in [0.1, 0.15) is 11.5 Å². The van der Waals surface area contributed by atoms with Crippen LogP contribution in [0, 0.1) is 13.8 Å². The first-order chi connectivity index (χ1) is 9.85. The normalized spacial score (nSPS) is 12.5. The van der Waals surface area contributed by atoms with E-state index >= 15 is 0 Å². The van der Waals surface area contributed by atoms with Gasteiger partial charge in [0.2, 0.25) is 11.2 Å². The maximum atomic E-state index is 5.90. The van der Waals surface area contributed by atoms with E-state index in [-0.39, 0.29) is 23.4 Å². The Morgan fingerprint density at radius 3 is 2.48 bits per heavy atom. The van der Waals surface area contributed by atoms with Gasteiger partial charge >= 0.3 is 6.01 Å². The lowest BCUT2D eigenvalue weighted by Gasteiger charge is -2.14. The highest BCUT2D eigenvalue weighted by Gasteiger charge is 2.15. The van der Waals surface area contributed by atoms with Crippen LogP contribution in [0.3, 0.4) is 0 Å². The van der Waals surface area contributed by atoms with Gasteiger partial charge in [0.25, 0.3) is 0 Å². The molecule has 1 atom stereocenters. The van der Waals surface area contributed by atoms with E-state index in [0.717, 1.165) is 17.1 Å². The Kier molecular flexibility index (Phi) is 4.67. The second kappa shape index (κ2) is 6.30. The summed E-state index contributed by atoms with van der Waals surface area (Å²) < 4.78 is 11.0. The third-order valence-corrected chi connectivity index (χ3v) is 2.99. The number of hydrogen-bond acceptors (Lipinski definition) is 6. The molecule has 0 aromatic carbocycles. The lowest BCUT2D eigenvalue weighted by Crippen LogP contribution is -2.13. The molecule has 1 unspecified atom stereocenters. The second-order valence-electron chi connectivity index (χ2n) is 5.11. The molecule has 2 aromatic heterocycles. The molecule has 0 spiro atoms. The largest absolute Gasteiger partial charge is 0.466 e. The van der Waals surface area contributed by atoms with E-state index in [1.807, 2.05) is 40.7 Å². The number of furan rings is 1. The molecule has 2 aromatic rings. The van der Waals surface area contributed by atoms with Crippen LogP contribution in [0.25, 0.3) is 0 Å². The molecule has 0 radical (unpaired) electrons. The summed E-state index contributed by atoms with van der Waals surface area (Å²) in [5.41, 5.74) is 1.05. The Labute approximate surface area is 128 Å². The fourth-order valence-corrected chi connectivity index (χ4v) is 2.16. The minimum atomic E-state index is -0.0347. The van der Waals surface area contributed by atoms with Crippen molar-refractivity contribution in [1.29, 1.82) is 0 Å².